The summed E-state index contributed by atoms with van der Waals surface area (Å²) in [6, 6.07) is 8.52. The quantitative estimate of drug-likeness (QED) is 0.907. The van der Waals surface area contributed by atoms with E-state index in [9.17, 15) is 4.79 Å². The Labute approximate surface area is 116 Å². The summed E-state index contributed by atoms with van der Waals surface area (Å²) in [6.07, 6.45) is 5.81. The summed E-state index contributed by atoms with van der Waals surface area (Å²) in [5.41, 5.74) is 1.55. The van der Waals surface area contributed by atoms with Crippen molar-refractivity contribution in [2.45, 2.75) is 37.5 Å². The number of rotatable bonds is 4. The molecule has 1 aromatic carbocycles. The van der Waals surface area contributed by atoms with Crippen molar-refractivity contribution in [1.82, 2.24) is 5.32 Å². The molecule has 0 atom stereocenters. The lowest BCUT2D eigenvalue weighted by molar-refractivity contribution is -0.122. The van der Waals surface area contributed by atoms with Crippen molar-refractivity contribution < 1.29 is 4.79 Å². The van der Waals surface area contributed by atoms with Gasteiger partial charge in [-0.05, 0) is 43.4 Å². The first-order valence-electron chi connectivity index (χ1n) is 6.73. The number of halogens is 1. The lowest BCUT2D eigenvalue weighted by Gasteiger charge is -2.42. The molecule has 96 valence electrons. The highest BCUT2D eigenvalue weighted by molar-refractivity contribution is 9.10. The highest BCUT2D eigenvalue weighted by Gasteiger charge is 2.40. The Kier molecular flexibility index (Phi) is 3.18. The van der Waals surface area contributed by atoms with Crippen LogP contribution in [0.4, 0.5) is 0 Å². The molecule has 1 amide bonds. The maximum Gasteiger partial charge on any atom is 0.223 e. The SMILES string of the molecule is O=C(NCC1(c2cccc(Br)c2)CCC1)C1CC1. The summed E-state index contributed by atoms with van der Waals surface area (Å²) in [4.78, 5) is 11.8. The number of hydrogen-bond donors (Lipinski definition) is 1. The fraction of sp³-hybridized carbons (Fsp3) is 0.533. The van der Waals surface area contributed by atoms with Crippen LogP contribution in [-0.2, 0) is 10.2 Å². The van der Waals surface area contributed by atoms with E-state index < -0.39 is 0 Å². The zero-order valence-electron chi connectivity index (χ0n) is 10.4. The van der Waals surface area contributed by atoms with Crippen LogP contribution in [0.3, 0.4) is 0 Å². The predicted octanol–water partition coefficient (Wildman–Crippen LogP) is 3.40. The molecule has 18 heavy (non-hydrogen) atoms. The smallest absolute Gasteiger partial charge is 0.223 e. The molecule has 3 rings (SSSR count). The minimum absolute atomic E-state index is 0.189. The maximum atomic E-state index is 11.8. The van der Waals surface area contributed by atoms with Crippen LogP contribution in [0.2, 0.25) is 0 Å². The van der Waals surface area contributed by atoms with Crippen molar-refractivity contribution >= 4 is 21.8 Å². The molecule has 0 aromatic heterocycles. The summed E-state index contributed by atoms with van der Waals surface area (Å²) in [5.74, 6) is 0.570. The van der Waals surface area contributed by atoms with Crippen LogP contribution >= 0.6 is 15.9 Å². The molecule has 0 unspecified atom stereocenters. The number of benzene rings is 1. The first-order valence-corrected chi connectivity index (χ1v) is 7.53. The molecule has 2 saturated carbocycles. The van der Waals surface area contributed by atoms with E-state index in [1.165, 1.54) is 24.8 Å². The van der Waals surface area contributed by atoms with Gasteiger partial charge in [0.1, 0.15) is 0 Å². The molecule has 0 spiro atoms. The topological polar surface area (TPSA) is 29.1 Å². The fourth-order valence-corrected chi connectivity index (χ4v) is 3.13. The number of carbonyl (C=O) groups excluding carboxylic acids is 1. The molecular formula is C15H18BrNO. The zero-order chi connectivity index (χ0) is 12.6. The molecule has 0 aliphatic heterocycles. The van der Waals surface area contributed by atoms with E-state index in [-0.39, 0.29) is 11.3 Å². The minimum Gasteiger partial charge on any atom is -0.355 e. The Balaban J connectivity index is 1.71. The lowest BCUT2D eigenvalue weighted by Crippen LogP contribution is -2.45. The van der Waals surface area contributed by atoms with Crippen molar-refractivity contribution in [2.24, 2.45) is 5.92 Å². The zero-order valence-corrected chi connectivity index (χ0v) is 12.0. The third kappa shape index (κ3) is 2.33. The van der Waals surface area contributed by atoms with E-state index in [4.69, 9.17) is 0 Å². The molecule has 2 fully saturated rings. The first kappa shape index (κ1) is 12.2. The maximum absolute atomic E-state index is 11.8. The average Bonchev–Trinajstić information content (AvgIpc) is 3.11. The van der Waals surface area contributed by atoms with Gasteiger partial charge in [0.2, 0.25) is 5.91 Å². The average molecular weight is 308 g/mol. The van der Waals surface area contributed by atoms with Gasteiger partial charge < -0.3 is 5.32 Å². The van der Waals surface area contributed by atoms with Gasteiger partial charge in [0.05, 0.1) is 0 Å². The van der Waals surface area contributed by atoms with E-state index in [1.54, 1.807) is 0 Å². The van der Waals surface area contributed by atoms with Crippen LogP contribution in [-0.4, -0.2) is 12.5 Å². The Morgan fingerprint density at radius 1 is 1.39 bits per heavy atom. The van der Waals surface area contributed by atoms with E-state index in [1.807, 2.05) is 0 Å². The van der Waals surface area contributed by atoms with Crippen molar-refractivity contribution in [3.63, 3.8) is 0 Å². The Hall–Kier alpha value is -0.830. The van der Waals surface area contributed by atoms with Crippen LogP contribution in [0.5, 0.6) is 0 Å². The van der Waals surface area contributed by atoms with Crippen molar-refractivity contribution in [2.75, 3.05) is 6.54 Å². The predicted molar refractivity (Wildman–Crippen MR) is 75.4 cm³/mol. The molecule has 0 saturated heterocycles. The normalized spacial score (nSPS) is 21.2. The summed E-state index contributed by atoms with van der Waals surface area (Å²) >= 11 is 3.53. The van der Waals surface area contributed by atoms with Gasteiger partial charge in [-0.15, -0.1) is 0 Å². The number of hydrogen-bond acceptors (Lipinski definition) is 1. The molecule has 2 aliphatic rings. The standard InChI is InChI=1S/C15H18BrNO/c16-13-4-1-3-12(9-13)15(7-2-8-15)10-17-14(18)11-5-6-11/h1,3-4,9,11H,2,5-8,10H2,(H,17,18). The second kappa shape index (κ2) is 4.69. The van der Waals surface area contributed by atoms with Gasteiger partial charge in [-0.2, -0.15) is 0 Å². The summed E-state index contributed by atoms with van der Waals surface area (Å²) in [6.45, 7) is 0.804. The molecule has 2 nitrogen and oxygen atoms in total. The van der Waals surface area contributed by atoms with E-state index in [0.717, 1.165) is 23.9 Å². The molecule has 1 N–H and O–H groups in total. The molecule has 0 radical (unpaired) electrons. The van der Waals surface area contributed by atoms with Crippen LogP contribution < -0.4 is 5.32 Å². The molecular weight excluding hydrogens is 290 g/mol. The summed E-state index contributed by atoms with van der Waals surface area (Å²) < 4.78 is 1.12. The van der Waals surface area contributed by atoms with E-state index in [2.05, 4.69) is 45.5 Å². The summed E-state index contributed by atoms with van der Waals surface area (Å²) in [5, 5.41) is 3.15. The van der Waals surface area contributed by atoms with Gasteiger partial charge in [-0.3, -0.25) is 4.79 Å². The third-order valence-corrected chi connectivity index (χ3v) is 4.79. The van der Waals surface area contributed by atoms with E-state index in [0.29, 0.717) is 5.92 Å². The molecule has 0 bridgehead atoms. The Morgan fingerprint density at radius 2 is 2.17 bits per heavy atom. The fourth-order valence-electron chi connectivity index (χ4n) is 2.74. The highest BCUT2D eigenvalue weighted by atomic mass is 79.9. The van der Waals surface area contributed by atoms with Crippen molar-refractivity contribution in [1.29, 1.82) is 0 Å². The van der Waals surface area contributed by atoms with Crippen LogP contribution in [0.1, 0.15) is 37.7 Å². The Morgan fingerprint density at radius 3 is 2.72 bits per heavy atom. The van der Waals surface area contributed by atoms with Crippen LogP contribution in [0.25, 0.3) is 0 Å². The molecule has 3 heteroatoms. The van der Waals surface area contributed by atoms with Gasteiger partial charge in [0, 0.05) is 22.4 Å². The van der Waals surface area contributed by atoms with Crippen LogP contribution in [0, 0.1) is 5.92 Å². The minimum atomic E-state index is 0.189. The van der Waals surface area contributed by atoms with Crippen molar-refractivity contribution in [3.8, 4) is 0 Å². The van der Waals surface area contributed by atoms with Crippen LogP contribution in [0.15, 0.2) is 28.7 Å². The molecule has 0 heterocycles. The molecule has 1 aromatic rings. The monoisotopic (exact) mass is 307 g/mol. The van der Waals surface area contributed by atoms with Gasteiger partial charge in [0.15, 0.2) is 0 Å². The van der Waals surface area contributed by atoms with Gasteiger partial charge in [-0.1, -0.05) is 34.5 Å². The lowest BCUT2D eigenvalue weighted by atomic mass is 9.64. The van der Waals surface area contributed by atoms with Gasteiger partial charge in [-0.25, -0.2) is 0 Å². The first-order chi connectivity index (χ1) is 8.70. The van der Waals surface area contributed by atoms with Crippen molar-refractivity contribution in [3.05, 3.63) is 34.3 Å². The second-order valence-corrected chi connectivity index (χ2v) is 6.55. The third-order valence-electron chi connectivity index (χ3n) is 4.30. The molecule has 2 aliphatic carbocycles. The van der Waals surface area contributed by atoms with Gasteiger partial charge >= 0.3 is 0 Å². The largest absolute Gasteiger partial charge is 0.355 e. The second-order valence-electron chi connectivity index (χ2n) is 5.64. The Bertz CT molecular complexity index is 463. The number of amides is 1. The van der Waals surface area contributed by atoms with Gasteiger partial charge in [0.25, 0.3) is 0 Å². The number of nitrogens with one attached hydrogen (secondary N) is 1. The number of carbonyl (C=O) groups is 1. The van der Waals surface area contributed by atoms with E-state index >= 15 is 0 Å². The summed E-state index contributed by atoms with van der Waals surface area (Å²) in [7, 11) is 0. The highest BCUT2D eigenvalue weighted by Crippen LogP contribution is 2.44.